The fourth-order valence-corrected chi connectivity index (χ4v) is 4.51. The third kappa shape index (κ3) is 4.19. The Morgan fingerprint density at radius 1 is 1.07 bits per heavy atom. The standard InChI is InChI=1S/C22H17ClF2O4S/c1-13-2-5-18(6-3-13)30(26,27)28-12-17-9-14-8-15(23)10-20(22(14)29-17)19-11-16(24)4-7-21(19)25/h2-8,10-11,17H,9,12H2,1H3. The zero-order valence-corrected chi connectivity index (χ0v) is 17.4. The minimum absolute atomic E-state index is 0.0163. The molecule has 0 aliphatic carbocycles. The average molecular weight is 451 g/mol. The van der Waals surface area contributed by atoms with Crippen LogP contribution in [0.15, 0.2) is 59.5 Å². The van der Waals surface area contributed by atoms with E-state index in [0.717, 1.165) is 23.8 Å². The first-order valence-corrected chi connectivity index (χ1v) is 10.9. The second-order valence-electron chi connectivity index (χ2n) is 7.06. The van der Waals surface area contributed by atoms with Crippen LogP contribution in [0.5, 0.6) is 5.75 Å². The van der Waals surface area contributed by atoms with Gasteiger partial charge in [-0.15, -0.1) is 0 Å². The highest BCUT2D eigenvalue weighted by Gasteiger charge is 2.29. The van der Waals surface area contributed by atoms with Crippen LogP contribution in [0, 0.1) is 18.6 Å². The molecule has 0 amide bonds. The number of rotatable bonds is 5. The molecule has 3 aromatic carbocycles. The zero-order valence-electron chi connectivity index (χ0n) is 15.9. The lowest BCUT2D eigenvalue weighted by atomic mass is 10.00. The molecule has 0 spiro atoms. The van der Waals surface area contributed by atoms with Crippen molar-refractivity contribution in [3.05, 3.63) is 82.4 Å². The van der Waals surface area contributed by atoms with Crippen LogP contribution in [-0.2, 0) is 20.7 Å². The van der Waals surface area contributed by atoms with E-state index in [2.05, 4.69) is 0 Å². The molecule has 30 heavy (non-hydrogen) atoms. The Labute approximate surface area is 178 Å². The molecule has 1 aliphatic heterocycles. The maximum absolute atomic E-state index is 14.3. The van der Waals surface area contributed by atoms with Gasteiger partial charge in [0.2, 0.25) is 0 Å². The first-order valence-electron chi connectivity index (χ1n) is 9.13. The van der Waals surface area contributed by atoms with Crippen LogP contribution in [0.2, 0.25) is 5.02 Å². The van der Waals surface area contributed by atoms with Gasteiger partial charge in [0, 0.05) is 28.1 Å². The fourth-order valence-electron chi connectivity index (χ4n) is 3.33. The molecule has 3 aromatic rings. The SMILES string of the molecule is Cc1ccc(S(=O)(=O)OCC2Cc3cc(Cl)cc(-c4cc(F)ccc4F)c3O2)cc1. The van der Waals surface area contributed by atoms with Gasteiger partial charge in [-0.3, -0.25) is 4.18 Å². The molecule has 0 saturated carbocycles. The second kappa shape index (κ2) is 7.98. The molecule has 0 fully saturated rings. The summed E-state index contributed by atoms with van der Waals surface area (Å²) in [5.41, 5.74) is 1.92. The van der Waals surface area contributed by atoms with E-state index < -0.39 is 27.9 Å². The normalized spacial score (nSPS) is 15.7. The van der Waals surface area contributed by atoms with Crippen LogP contribution in [0.1, 0.15) is 11.1 Å². The Hall–Kier alpha value is -2.48. The van der Waals surface area contributed by atoms with Crippen LogP contribution < -0.4 is 4.74 Å². The van der Waals surface area contributed by atoms with E-state index in [-0.39, 0.29) is 17.1 Å². The van der Waals surface area contributed by atoms with Gasteiger partial charge in [-0.25, -0.2) is 8.78 Å². The summed E-state index contributed by atoms with van der Waals surface area (Å²) >= 11 is 6.16. The van der Waals surface area contributed by atoms with E-state index >= 15 is 0 Å². The van der Waals surface area contributed by atoms with Crippen LogP contribution in [0.4, 0.5) is 8.78 Å². The molecular formula is C22H17ClF2O4S. The van der Waals surface area contributed by atoms with Gasteiger partial charge in [0.05, 0.1) is 4.90 Å². The van der Waals surface area contributed by atoms with E-state index in [4.69, 9.17) is 20.5 Å². The van der Waals surface area contributed by atoms with Crippen molar-refractivity contribution in [1.29, 1.82) is 0 Å². The quantitative estimate of drug-likeness (QED) is 0.495. The maximum atomic E-state index is 14.3. The minimum Gasteiger partial charge on any atom is -0.487 e. The predicted molar refractivity (Wildman–Crippen MR) is 109 cm³/mol. The van der Waals surface area contributed by atoms with Crippen LogP contribution >= 0.6 is 11.6 Å². The highest BCUT2D eigenvalue weighted by molar-refractivity contribution is 7.86. The molecule has 0 radical (unpaired) electrons. The molecule has 1 aliphatic rings. The minimum atomic E-state index is -3.95. The molecule has 4 rings (SSSR count). The molecule has 0 saturated heterocycles. The van der Waals surface area contributed by atoms with Crippen molar-refractivity contribution >= 4 is 21.7 Å². The highest BCUT2D eigenvalue weighted by Crippen LogP contribution is 2.42. The Morgan fingerprint density at radius 2 is 1.80 bits per heavy atom. The van der Waals surface area contributed by atoms with Crippen molar-refractivity contribution in [2.24, 2.45) is 0 Å². The van der Waals surface area contributed by atoms with Crippen molar-refractivity contribution in [3.8, 4) is 16.9 Å². The number of hydrogen-bond donors (Lipinski definition) is 0. The summed E-state index contributed by atoms with van der Waals surface area (Å²) in [4.78, 5) is 0.0502. The van der Waals surface area contributed by atoms with Gasteiger partial charge in [0.15, 0.2) is 0 Å². The lowest BCUT2D eigenvalue weighted by Crippen LogP contribution is -2.23. The summed E-state index contributed by atoms with van der Waals surface area (Å²) in [5, 5.41) is 0.338. The highest BCUT2D eigenvalue weighted by atomic mass is 35.5. The lowest BCUT2D eigenvalue weighted by Gasteiger charge is -2.14. The van der Waals surface area contributed by atoms with Gasteiger partial charge < -0.3 is 4.74 Å². The van der Waals surface area contributed by atoms with Gasteiger partial charge >= 0.3 is 0 Å². The number of hydrogen-bond acceptors (Lipinski definition) is 4. The molecule has 0 N–H and O–H groups in total. The summed E-state index contributed by atoms with van der Waals surface area (Å²) in [7, 11) is -3.95. The first-order chi connectivity index (χ1) is 14.2. The summed E-state index contributed by atoms with van der Waals surface area (Å²) in [6.07, 6.45) is -0.294. The number of ether oxygens (including phenoxy) is 1. The van der Waals surface area contributed by atoms with Crippen molar-refractivity contribution < 1.29 is 26.1 Å². The van der Waals surface area contributed by atoms with E-state index in [1.807, 2.05) is 6.92 Å². The summed E-state index contributed by atoms with van der Waals surface area (Å²) in [6, 6.07) is 12.6. The predicted octanol–water partition coefficient (Wildman–Crippen LogP) is 5.30. The van der Waals surface area contributed by atoms with E-state index in [0.29, 0.717) is 28.3 Å². The number of benzene rings is 3. The molecule has 4 nitrogen and oxygen atoms in total. The zero-order chi connectivity index (χ0) is 21.5. The molecule has 0 aromatic heterocycles. The Morgan fingerprint density at radius 3 is 2.53 bits per heavy atom. The van der Waals surface area contributed by atoms with Crippen molar-refractivity contribution in [2.45, 2.75) is 24.3 Å². The van der Waals surface area contributed by atoms with Crippen molar-refractivity contribution in [2.75, 3.05) is 6.61 Å². The molecule has 1 atom stereocenters. The van der Waals surface area contributed by atoms with Crippen LogP contribution in [-0.4, -0.2) is 21.1 Å². The number of fused-ring (bicyclic) bond motifs is 1. The van der Waals surface area contributed by atoms with Crippen LogP contribution in [0.3, 0.4) is 0 Å². The van der Waals surface area contributed by atoms with Gasteiger partial charge in [0.25, 0.3) is 10.1 Å². The second-order valence-corrected chi connectivity index (χ2v) is 9.11. The molecule has 8 heteroatoms. The molecule has 0 bridgehead atoms. The molecule has 1 unspecified atom stereocenters. The summed E-state index contributed by atoms with van der Waals surface area (Å²) in [5.74, 6) is -0.876. The van der Waals surface area contributed by atoms with E-state index in [9.17, 15) is 17.2 Å². The smallest absolute Gasteiger partial charge is 0.297 e. The summed E-state index contributed by atoms with van der Waals surface area (Å²) < 4.78 is 63.8. The van der Waals surface area contributed by atoms with E-state index in [1.165, 1.54) is 18.2 Å². The van der Waals surface area contributed by atoms with Crippen LogP contribution in [0.25, 0.3) is 11.1 Å². The molecule has 156 valence electrons. The topological polar surface area (TPSA) is 52.6 Å². The van der Waals surface area contributed by atoms with E-state index in [1.54, 1.807) is 18.2 Å². The van der Waals surface area contributed by atoms with Crippen molar-refractivity contribution in [3.63, 3.8) is 0 Å². The largest absolute Gasteiger partial charge is 0.487 e. The Balaban J connectivity index is 1.56. The number of aryl methyl sites for hydroxylation is 1. The van der Waals surface area contributed by atoms with Gasteiger partial charge in [-0.2, -0.15) is 8.42 Å². The molecule has 1 heterocycles. The van der Waals surface area contributed by atoms with Gasteiger partial charge in [-0.05, 0) is 49.4 Å². The monoisotopic (exact) mass is 450 g/mol. The van der Waals surface area contributed by atoms with Gasteiger partial charge in [0.1, 0.15) is 30.1 Å². The molecular weight excluding hydrogens is 434 g/mol. The third-order valence-electron chi connectivity index (χ3n) is 4.80. The lowest BCUT2D eigenvalue weighted by molar-refractivity contribution is 0.152. The third-order valence-corrected chi connectivity index (χ3v) is 6.31. The summed E-state index contributed by atoms with van der Waals surface area (Å²) in [6.45, 7) is 1.62. The number of halogens is 3. The Kier molecular flexibility index (Phi) is 5.53. The maximum Gasteiger partial charge on any atom is 0.297 e. The van der Waals surface area contributed by atoms with Gasteiger partial charge in [-0.1, -0.05) is 29.3 Å². The van der Waals surface area contributed by atoms with Crippen molar-refractivity contribution in [1.82, 2.24) is 0 Å². The Bertz CT molecular complexity index is 1210. The average Bonchev–Trinajstić information content (AvgIpc) is 3.11. The fraction of sp³-hybridized carbons (Fsp3) is 0.182. The first kappa shape index (κ1) is 20.8.